The number of amides is 1. The van der Waals surface area contributed by atoms with E-state index in [0.29, 0.717) is 5.92 Å². The van der Waals surface area contributed by atoms with Crippen molar-refractivity contribution in [1.29, 1.82) is 0 Å². The van der Waals surface area contributed by atoms with E-state index in [2.05, 4.69) is 23.1 Å². The Hall–Kier alpha value is -2.53. The quantitative estimate of drug-likeness (QED) is 0.687. The van der Waals surface area contributed by atoms with Gasteiger partial charge in [-0.2, -0.15) is 0 Å². The molecule has 148 valence electrons. The highest BCUT2D eigenvalue weighted by atomic mass is 16.5. The molecular formula is C23H28N2O3. The highest BCUT2D eigenvalue weighted by Crippen LogP contribution is 2.34. The molecule has 1 saturated heterocycles. The number of likely N-dealkylation sites (tertiary alicyclic amines) is 1. The van der Waals surface area contributed by atoms with E-state index in [1.165, 1.54) is 12.0 Å². The van der Waals surface area contributed by atoms with Gasteiger partial charge in [-0.1, -0.05) is 30.3 Å². The summed E-state index contributed by atoms with van der Waals surface area (Å²) in [5, 5.41) is 0. The van der Waals surface area contributed by atoms with E-state index >= 15 is 0 Å². The Labute approximate surface area is 166 Å². The summed E-state index contributed by atoms with van der Waals surface area (Å²) < 4.78 is 11.0. The molecule has 0 saturated carbocycles. The monoisotopic (exact) mass is 380 g/mol. The van der Waals surface area contributed by atoms with Crippen LogP contribution in [-0.2, 0) is 4.79 Å². The van der Waals surface area contributed by atoms with E-state index in [4.69, 9.17) is 9.47 Å². The average molecular weight is 380 g/mol. The Bertz CT molecular complexity index is 823. The molecule has 2 heterocycles. The van der Waals surface area contributed by atoms with Gasteiger partial charge in [0.05, 0.1) is 12.8 Å². The topological polar surface area (TPSA) is 42.0 Å². The Balaban J connectivity index is 1.26. The summed E-state index contributed by atoms with van der Waals surface area (Å²) in [5.74, 6) is 2.40. The Morgan fingerprint density at radius 3 is 2.75 bits per heavy atom. The SMILES string of the molecule is COc1ccccc1[C@H]1CCN(CCCCN2C(=O)COc3ccccc32)C1. The van der Waals surface area contributed by atoms with E-state index in [0.717, 1.165) is 56.2 Å². The molecule has 1 atom stereocenters. The minimum Gasteiger partial charge on any atom is -0.496 e. The minimum absolute atomic E-state index is 0.0520. The van der Waals surface area contributed by atoms with E-state index in [9.17, 15) is 4.79 Å². The molecular weight excluding hydrogens is 352 g/mol. The summed E-state index contributed by atoms with van der Waals surface area (Å²) in [5.41, 5.74) is 2.22. The fourth-order valence-electron chi connectivity index (χ4n) is 4.30. The van der Waals surface area contributed by atoms with Crippen LogP contribution in [0.1, 0.15) is 30.7 Å². The van der Waals surface area contributed by atoms with Crippen LogP contribution in [0, 0.1) is 0 Å². The summed E-state index contributed by atoms with van der Waals surface area (Å²) in [6.07, 6.45) is 3.26. The Morgan fingerprint density at radius 1 is 1.07 bits per heavy atom. The maximum absolute atomic E-state index is 12.2. The third-order valence-electron chi connectivity index (χ3n) is 5.77. The number of para-hydroxylation sites is 3. The van der Waals surface area contributed by atoms with Crippen LogP contribution in [0.15, 0.2) is 48.5 Å². The predicted molar refractivity (Wildman–Crippen MR) is 110 cm³/mol. The van der Waals surface area contributed by atoms with E-state index in [1.54, 1.807) is 7.11 Å². The number of benzene rings is 2. The van der Waals surface area contributed by atoms with Gasteiger partial charge in [0.2, 0.25) is 0 Å². The van der Waals surface area contributed by atoms with Gasteiger partial charge in [-0.3, -0.25) is 4.79 Å². The third kappa shape index (κ3) is 3.99. The zero-order valence-electron chi connectivity index (χ0n) is 16.5. The first kappa shape index (κ1) is 18.8. The number of hydrogen-bond donors (Lipinski definition) is 0. The number of nitrogens with zero attached hydrogens (tertiary/aromatic N) is 2. The molecule has 1 fully saturated rings. The lowest BCUT2D eigenvalue weighted by atomic mass is 9.97. The fourth-order valence-corrected chi connectivity index (χ4v) is 4.30. The molecule has 0 radical (unpaired) electrons. The zero-order chi connectivity index (χ0) is 19.3. The van der Waals surface area contributed by atoms with Gasteiger partial charge in [-0.15, -0.1) is 0 Å². The average Bonchev–Trinajstić information content (AvgIpc) is 3.21. The molecule has 5 heteroatoms. The molecule has 0 aliphatic carbocycles. The van der Waals surface area contributed by atoms with Crippen molar-refractivity contribution in [1.82, 2.24) is 4.90 Å². The molecule has 2 aromatic rings. The lowest BCUT2D eigenvalue weighted by molar-refractivity contribution is -0.121. The molecule has 0 N–H and O–H groups in total. The second-order valence-corrected chi connectivity index (χ2v) is 7.54. The number of fused-ring (bicyclic) bond motifs is 1. The van der Waals surface area contributed by atoms with Crippen LogP contribution < -0.4 is 14.4 Å². The first-order valence-corrected chi connectivity index (χ1v) is 10.1. The highest BCUT2D eigenvalue weighted by Gasteiger charge is 2.27. The summed E-state index contributed by atoms with van der Waals surface area (Å²) in [6.45, 7) is 4.18. The Kier molecular flexibility index (Phi) is 5.81. The summed E-state index contributed by atoms with van der Waals surface area (Å²) in [7, 11) is 1.75. The first-order chi connectivity index (χ1) is 13.8. The van der Waals surface area contributed by atoms with Gasteiger partial charge in [0, 0.05) is 19.0 Å². The second-order valence-electron chi connectivity index (χ2n) is 7.54. The third-order valence-corrected chi connectivity index (χ3v) is 5.77. The van der Waals surface area contributed by atoms with Crippen LogP contribution in [0.5, 0.6) is 11.5 Å². The number of carbonyl (C=O) groups is 1. The lowest BCUT2D eigenvalue weighted by Gasteiger charge is -2.29. The molecule has 4 rings (SSSR count). The minimum atomic E-state index is 0.0520. The van der Waals surface area contributed by atoms with Crippen molar-refractivity contribution in [3.63, 3.8) is 0 Å². The van der Waals surface area contributed by atoms with Crippen molar-refractivity contribution >= 4 is 11.6 Å². The van der Waals surface area contributed by atoms with Gasteiger partial charge < -0.3 is 19.3 Å². The van der Waals surface area contributed by atoms with Gasteiger partial charge in [-0.25, -0.2) is 0 Å². The Morgan fingerprint density at radius 2 is 1.86 bits per heavy atom. The maximum Gasteiger partial charge on any atom is 0.265 e. The molecule has 0 aromatic heterocycles. The van der Waals surface area contributed by atoms with Gasteiger partial charge in [0.1, 0.15) is 11.5 Å². The first-order valence-electron chi connectivity index (χ1n) is 10.1. The molecule has 1 amide bonds. The largest absolute Gasteiger partial charge is 0.496 e. The number of anilines is 1. The van der Waals surface area contributed by atoms with E-state index < -0.39 is 0 Å². The number of carbonyl (C=O) groups excluding carboxylic acids is 1. The zero-order valence-corrected chi connectivity index (χ0v) is 16.5. The lowest BCUT2D eigenvalue weighted by Crippen LogP contribution is -2.39. The van der Waals surface area contributed by atoms with Crippen LogP contribution in [-0.4, -0.2) is 50.7 Å². The number of ether oxygens (including phenoxy) is 2. The van der Waals surface area contributed by atoms with Crippen molar-refractivity contribution in [3.8, 4) is 11.5 Å². The van der Waals surface area contributed by atoms with E-state index in [1.807, 2.05) is 35.2 Å². The molecule has 0 bridgehead atoms. The van der Waals surface area contributed by atoms with Gasteiger partial charge >= 0.3 is 0 Å². The van der Waals surface area contributed by atoms with Crippen molar-refractivity contribution in [2.75, 3.05) is 44.8 Å². The van der Waals surface area contributed by atoms with Crippen LogP contribution in [0.4, 0.5) is 5.69 Å². The molecule has 0 unspecified atom stereocenters. The van der Waals surface area contributed by atoms with Crippen LogP contribution in [0.3, 0.4) is 0 Å². The summed E-state index contributed by atoms with van der Waals surface area (Å²) >= 11 is 0. The predicted octanol–water partition coefficient (Wildman–Crippen LogP) is 3.69. The standard InChI is InChI=1S/C23H28N2O3/c1-27-21-10-4-2-8-19(21)18-12-15-24(16-18)13-6-7-14-25-20-9-3-5-11-22(20)28-17-23(25)26/h2-5,8-11,18H,6-7,12-17H2,1H3/t18-/m0/s1. The molecule has 0 spiro atoms. The van der Waals surface area contributed by atoms with Gasteiger partial charge in [0.15, 0.2) is 6.61 Å². The second kappa shape index (κ2) is 8.65. The van der Waals surface area contributed by atoms with Crippen LogP contribution >= 0.6 is 0 Å². The van der Waals surface area contributed by atoms with E-state index in [-0.39, 0.29) is 12.5 Å². The molecule has 5 nitrogen and oxygen atoms in total. The fraction of sp³-hybridized carbons (Fsp3) is 0.435. The van der Waals surface area contributed by atoms with Gasteiger partial charge in [0.25, 0.3) is 5.91 Å². The van der Waals surface area contributed by atoms with Crippen LogP contribution in [0.2, 0.25) is 0 Å². The van der Waals surface area contributed by atoms with Crippen molar-refractivity contribution in [2.45, 2.75) is 25.2 Å². The summed E-state index contributed by atoms with van der Waals surface area (Å²) in [4.78, 5) is 16.7. The molecule has 2 aromatic carbocycles. The number of methoxy groups -OCH3 is 1. The molecule has 2 aliphatic rings. The smallest absolute Gasteiger partial charge is 0.265 e. The maximum atomic E-state index is 12.2. The van der Waals surface area contributed by atoms with Gasteiger partial charge in [-0.05, 0) is 56.1 Å². The molecule has 2 aliphatic heterocycles. The number of rotatable bonds is 7. The van der Waals surface area contributed by atoms with Crippen molar-refractivity contribution < 1.29 is 14.3 Å². The normalized spacial score (nSPS) is 19.4. The number of hydrogen-bond acceptors (Lipinski definition) is 4. The molecule has 28 heavy (non-hydrogen) atoms. The van der Waals surface area contributed by atoms with Crippen LogP contribution in [0.25, 0.3) is 0 Å². The number of unbranched alkanes of at least 4 members (excludes halogenated alkanes) is 1. The van der Waals surface area contributed by atoms with Crippen molar-refractivity contribution in [2.24, 2.45) is 0 Å². The highest BCUT2D eigenvalue weighted by molar-refractivity contribution is 5.97. The van der Waals surface area contributed by atoms with Crippen molar-refractivity contribution in [3.05, 3.63) is 54.1 Å². The summed E-state index contributed by atoms with van der Waals surface area (Å²) in [6, 6.07) is 16.2.